The lowest BCUT2D eigenvalue weighted by molar-refractivity contribution is -0.122. The van der Waals surface area contributed by atoms with Crippen molar-refractivity contribution in [1.82, 2.24) is 0 Å². The normalized spacial score (nSPS) is 12.7. The van der Waals surface area contributed by atoms with Crippen molar-refractivity contribution in [3.05, 3.63) is 57.6 Å². The topological polar surface area (TPSA) is 127 Å². The summed E-state index contributed by atoms with van der Waals surface area (Å²) >= 11 is 0. The Bertz CT molecular complexity index is 1060. The Labute approximate surface area is 279 Å². The number of aromatic hydroxyl groups is 2. The molecule has 258 valence electrons. The smallest absolute Gasteiger partial charge is 0.220 e. The molecule has 0 aliphatic rings. The largest absolute Gasteiger partial charge is 0.507 e. The van der Waals surface area contributed by atoms with Crippen molar-refractivity contribution in [3.63, 3.8) is 0 Å². The van der Waals surface area contributed by atoms with E-state index < -0.39 is 0 Å². The summed E-state index contributed by atoms with van der Waals surface area (Å²) in [6.45, 7) is 8.61. The minimum absolute atomic E-state index is 0.237. The van der Waals surface area contributed by atoms with Crippen molar-refractivity contribution in [1.29, 1.82) is 0 Å². The molecule has 6 nitrogen and oxygen atoms in total. The number of carbonyl (C=O) groups excluding carboxylic acids is 2. The Morgan fingerprint density at radius 2 is 0.804 bits per heavy atom. The van der Waals surface area contributed by atoms with Crippen molar-refractivity contribution in [2.45, 2.75) is 156 Å². The maximum Gasteiger partial charge on any atom is 0.220 e. The van der Waals surface area contributed by atoms with Gasteiger partial charge in [0.15, 0.2) is 0 Å². The Hall–Kier alpha value is -3.02. The first-order valence-corrected chi connectivity index (χ1v) is 18.4. The monoisotopic (exact) mass is 636 g/mol. The van der Waals surface area contributed by atoms with Crippen LogP contribution in [-0.4, -0.2) is 22.0 Å². The molecule has 6 heteroatoms. The number of nitrogens with two attached hydrogens (primary N) is 2. The molecule has 0 heterocycles. The number of phenolic OH excluding ortho intramolecular Hbond substituents is 2. The van der Waals surface area contributed by atoms with E-state index >= 15 is 0 Å². The molecule has 0 saturated carbocycles. The van der Waals surface area contributed by atoms with Gasteiger partial charge in [-0.3, -0.25) is 9.59 Å². The van der Waals surface area contributed by atoms with Gasteiger partial charge in [0.05, 0.1) is 0 Å². The number of benzene rings is 2. The molecule has 0 spiro atoms. The lowest BCUT2D eigenvalue weighted by Gasteiger charge is -2.18. The van der Waals surface area contributed by atoms with Crippen molar-refractivity contribution < 1.29 is 19.8 Å². The first-order valence-electron chi connectivity index (χ1n) is 18.4. The second-order valence-electron chi connectivity index (χ2n) is 13.5. The number of amides is 2. The average molecular weight is 637 g/mol. The molecule has 2 unspecified atom stereocenters. The van der Waals surface area contributed by atoms with Crippen molar-refractivity contribution >= 4 is 11.8 Å². The van der Waals surface area contributed by atoms with E-state index in [-0.39, 0.29) is 23.7 Å². The van der Waals surface area contributed by atoms with Gasteiger partial charge in [-0.05, 0) is 110 Å². The van der Waals surface area contributed by atoms with Gasteiger partial charge in [-0.25, -0.2) is 0 Å². The third-order valence-electron chi connectivity index (χ3n) is 9.48. The fraction of sp³-hybridized carbons (Fsp3) is 0.650. The summed E-state index contributed by atoms with van der Waals surface area (Å²) in [5.41, 5.74) is 17.9. The number of rotatable bonds is 25. The summed E-state index contributed by atoms with van der Waals surface area (Å²) in [7, 11) is 0. The summed E-state index contributed by atoms with van der Waals surface area (Å²) in [6, 6.07) is 8.31. The highest BCUT2D eigenvalue weighted by Gasteiger charge is 2.20. The molecule has 0 saturated heterocycles. The number of aryl methyl sites for hydroxylation is 4. The molecule has 2 atom stereocenters. The maximum atomic E-state index is 12.4. The third-order valence-corrected chi connectivity index (χ3v) is 9.48. The Morgan fingerprint density at radius 1 is 0.522 bits per heavy atom. The summed E-state index contributed by atoms with van der Waals surface area (Å²) < 4.78 is 0. The zero-order valence-corrected chi connectivity index (χ0v) is 29.5. The molecular formula is C40H64N2O4. The molecule has 0 fully saturated rings. The lowest BCUT2D eigenvalue weighted by atomic mass is 9.88. The van der Waals surface area contributed by atoms with Gasteiger partial charge in [-0.15, -0.1) is 0 Å². The minimum Gasteiger partial charge on any atom is -0.507 e. The molecule has 0 bridgehead atoms. The maximum absolute atomic E-state index is 12.4. The van der Waals surface area contributed by atoms with Gasteiger partial charge < -0.3 is 21.7 Å². The third kappa shape index (κ3) is 13.4. The van der Waals surface area contributed by atoms with Gasteiger partial charge in [-0.1, -0.05) is 103 Å². The highest BCUT2D eigenvalue weighted by molar-refractivity contribution is 5.77. The molecule has 2 rings (SSSR count). The van der Waals surface area contributed by atoms with Crippen molar-refractivity contribution in [3.8, 4) is 11.5 Å². The number of primary amides is 2. The molecule has 0 aliphatic carbocycles. The lowest BCUT2D eigenvalue weighted by Crippen LogP contribution is -2.25. The summed E-state index contributed by atoms with van der Waals surface area (Å²) in [6.07, 6.45) is 18.1. The van der Waals surface area contributed by atoms with Gasteiger partial charge in [0.1, 0.15) is 11.5 Å². The van der Waals surface area contributed by atoms with Gasteiger partial charge in [0.2, 0.25) is 11.8 Å². The second-order valence-corrected chi connectivity index (χ2v) is 13.5. The van der Waals surface area contributed by atoms with Gasteiger partial charge in [0, 0.05) is 11.8 Å². The van der Waals surface area contributed by atoms with Crippen LogP contribution in [0.3, 0.4) is 0 Å². The summed E-state index contributed by atoms with van der Waals surface area (Å²) in [4.78, 5) is 24.9. The van der Waals surface area contributed by atoms with Crippen LogP contribution in [0, 0.1) is 11.8 Å². The Morgan fingerprint density at radius 3 is 1.04 bits per heavy atom. The highest BCUT2D eigenvalue weighted by atomic mass is 16.3. The average Bonchev–Trinajstić information content (AvgIpc) is 3.03. The zero-order valence-electron chi connectivity index (χ0n) is 29.5. The van der Waals surface area contributed by atoms with Crippen LogP contribution in [0.2, 0.25) is 0 Å². The Kier molecular flexibility index (Phi) is 18.5. The van der Waals surface area contributed by atoms with E-state index in [1.54, 1.807) is 0 Å². The summed E-state index contributed by atoms with van der Waals surface area (Å²) in [5.74, 6) is -0.154. The highest BCUT2D eigenvalue weighted by Crippen LogP contribution is 2.31. The number of carbonyl (C=O) groups is 2. The number of hydrogen-bond donors (Lipinski definition) is 4. The zero-order chi connectivity index (χ0) is 33.9. The molecule has 2 aromatic carbocycles. The predicted octanol–water partition coefficient (Wildman–Crippen LogP) is 8.80. The molecule has 2 aromatic rings. The van der Waals surface area contributed by atoms with E-state index in [1.165, 1.54) is 0 Å². The van der Waals surface area contributed by atoms with Gasteiger partial charge >= 0.3 is 0 Å². The summed E-state index contributed by atoms with van der Waals surface area (Å²) in [5, 5.41) is 21.7. The first-order chi connectivity index (χ1) is 22.1. The fourth-order valence-electron chi connectivity index (χ4n) is 6.53. The molecule has 0 aliphatic heterocycles. The van der Waals surface area contributed by atoms with E-state index in [9.17, 15) is 19.8 Å². The molecule has 2 amide bonds. The van der Waals surface area contributed by atoms with Gasteiger partial charge in [0.25, 0.3) is 0 Å². The standard InChI is InChI=1S/C40H64N2O4/c1-5-9-17-31-23-29(24-32(37(31)43)18-10-6-2)27-35(39(41)45)21-15-13-14-16-22-36(40(42)46)28-30-25-33(19-11-7-3)38(44)34(26-30)20-12-8-4/h23-26,35-36,43-44H,5-22,27-28H2,1-4H3,(H2,41,45)(H2,42,46). The van der Waals surface area contributed by atoms with Gasteiger partial charge in [-0.2, -0.15) is 0 Å². The van der Waals surface area contributed by atoms with Crippen LogP contribution in [0.4, 0.5) is 0 Å². The van der Waals surface area contributed by atoms with Crippen molar-refractivity contribution in [2.24, 2.45) is 23.3 Å². The van der Waals surface area contributed by atoms with E-state index in [0.717, 1.165) is 149 Å². The number of unbranched alkanes of at least 4 members (excludes halogenated alkanes) is 7. The second kappa shape index (κ2) is 21.7. The Balaban J connectivity index is 1.96. The van der Waals surface area contributed by atoms with Crippen LogP contribution in [0.25, 0.3) is 0 Å². The number of hydrogen-bond acceptors (Lipinski definition) is 4. The fourth-order valence-corrected chi connectivity index (χ4v) is 6.53. The van der Waals surface area contributed by atoms with E-state index in [4.69, 9.17) is 11.5 Å². The minimum atomic E-state index is -0.266. The SMILES string of the molecule is CCCCc1cc(CC(CCCCCCC(Cc2cc(CCCC)c(O)c(CCCC)c2)C(N)=O)C(N)=O)cc(CCCC)c1O. The quantitative estimate of drug-likeness (QED) is 0.0812. The van der Waals surface area contributed by atoms with Crippen molar-refractivity contribution in [2.75, 3.05) is 0 Å². The van der Waals surface area contributed by atoms with E-state index in [0.29, 0.717) is 24.3 Å². The molecule has 46 heavy (non-hydrogen) atoms. The molecular weight excluding hydrogens is 572 g/mol. The van der Waals surface area contributed by atoms with E-state index in [2.05, 4.69) is 52.0 Å². The van der Waals surface area contributed by atoms with Crippen LogP contribution < -0.4 is 11.5 Å². The van der Waals surface area contributed by atoms with E-state index in [1.807, 2.05) is 0 Å². The number of phenols is 2. The molecule has 0 radical (unpaired) electrons. The van der Waals surface area contributed by atoms with Crippen LogP contribution in [0.5, 0.6) is 11.5 Å². The predicted molar refractivity (Wildman–Crippen MR) is 191 cm³/mol. The molecule has 0 aromatic heterocycles. The van der Waals surface area contributed by atoms with Crippen LogP contribution in [0.1, 0.15) is 151 Å². The van der Waals surface area contributed by atoms with Crippen LogP contribution >= 0.6 is 0 Å². The van der Waals surface area contributed by atoms with Crippen LogP contribution in [0.15, 0.2) is 24.3 Å². The molecule has 6 N–H and O–H groups in total. The first kappa shape index (κ1) is 39.2. The van der Waals surface area contributed by atoms with Crippen LogP contribution in [-0.2, 0) is 48.1 Å².